The second-order valence-corrected chi connectivity index (χ2v) is 7.64. The van der Waals surface area contributed by atoms with Gasteiger partial charge < -0.3 is 9.64 Å². The van der Waals surface area contributed by atoms with Crippen LogP contribution in [0.3, 0.4) is 0 Å². The fourth-order valence-electron chi connectivity index (χ4n) is 4.21. The number of halogens is 3. The lowest BCUT2D eigenvalue weighted by atomic mass is 9.82. The lowest BCUT2D eigenvalue weighted by Gasteiger charge is -2.33. The van der Waals surface area contributed by atoms with E-state index in [0.717, 1.165) is 29.1 Å². The summed E-state index contributed by atoms with van der Waals surface area (Å²) in [7, 11) is 0. The Hall–Kier alpha value is -3.54. The highest BCUT2D eigenvalue weighted by Crippen LogP contribution is 2.46. The van der Waals surface area contributed by atoms with Gasteiger partial charge in [0.05, 0.1) is 11.3 Å². The predicted octanol–water partition coefficient (Wildman–Crippen LogP) is 6.18. The van der Waals surface area contributed by atoms with Crippen molar-refractivity contribution < 1.29 is 22.7 Å². The number of carbonyl (C=O) groups is 1. The number of ketones is 1. The van der Waals surface area contributed by atoms with E-state index in [0.29, 0.717) is 12.0 Å². The first kappa shape index (κ1) is 19.4. The maximum atomic E-state index is 13.4. The molecule has 0 N–H and O–H groups in total. The normalized spacial score (nSPS) is 19.8. The van der Waals surface area contributed by atoms with Crippen LogP contribution in [0.1, 0.15) is 33.8 Å². The summed E-state index contributed by atoms with van der Waals surface area (Å²) in [6.45, 7) is 0. The van der Waals surface area contributed by atoms with Gasteiger partial charge in [-0.05, 0) is 29.8 Å². The molecule has 2 aliphatic rings. The number of alkyl halides is 3. The third kappa shape index (κ3) is 3.48. The molecule has 3 nitrogen and oxygen atoms in total. The van der Waals surface area contributed by atoms with Crippen LogP contribution in [0, 0.1) is 0 Å². The largest absolute Gasteiger partial charge is 0.468 e. The zero-order chi connectivity index (χ0) is 21.6. The highest BCUT2D eigenvalue weighted by atomic mass is 19.4. The zero-order valence-electron chi connectivity index (χ0n) is 16.3. The van der Waals surface area contributed by atoms with Gasteiger partial charge in [-0.3, -0.25) is 4.79 Å². The third-order valence-electron chi connectivity index (χ3n) is 5.75. The van der Waals surface area contributed by atoms with Gasteiger partial charge in [0.2, 0.25) is 0 Å². The summed E-state index contributed by atoms with van der Waals surface area (Å²) in [5.41, 5.74) is 1.82. The first-order chi connectivity index (χ1) is 14.9. The summed E-state index contributed by atoms with van der Waals surface area (Å²) in [6.07, 6.45) is -2.34. The average molecular weight is 421 g/mol. The maximum absolute atomic E-state index is 13.4. The molecule has 0 saturated heterocycles. The Balaban J connectivity index is 1.56. The molecule has 0 radical (unpaired) electrons. The number of anilines is 1. The average Bonchev–Trinajstić information content (AvgIpc) is 3.15. The minimum atomic E-state index is -4.44. The molecule has 3 aromatic carbocycles. The number of hydrogen-bond acceptors (Lipinski definition) is 3. The third-order valence-corrected chi connectivity index (χ3v) is 5.75. The van der Waals surface area contributed by atoms with Crippen LogP contribution >= 0.6 is 0 Å². The van der Waals surface area contributed by atoms with Crippen LogP contribution in [-0.2, 0) is 6.18 Å². The summed E-state index contributed by atoms with van der Waals surface area (Å²) in [5.74, 6) is 0.232. The van der Waals surface area contributed by atoms with Gasteiger partial charge in [0.15, 0.2) is 12.0 Å². The van der Waals surface area contributed by atoms with Gasteiger partial charge in [-0.2, -0.15) is 13.2 Å². The van der Waals surface area contributed by atoms with Crippen LogP contribution in [-0.4, -0.2) is 12.0 Å². The predicted molar refractivity (Wildman–Crippen MR) is 111 cm³/mol. The van der Waals surface area contributed by atoms with Gasteiger partial charge in [0.25, 0.3) is 0 Å². The van der Waals surface area contributed by atoms with Crippen molar-refractivity contribution in [2.75, 3.05) is 4.90 Å². The van der Waals surface area contributed by atoms with E-state index in [-0.39, 0.29) is 23.5 Å². The summed E-state index contributed by atoms with van der Waals surface area (Å²) in [6, 6.07) is 21.6. The summed E-state index contributed by atoms with van der Waals surface area (Å²) in [5, 5.41) is 0. The van der Waals surface area contributed by atoms with Gasteiger partial charge in [-0.25, -0.2) is 0 Å². The Morgan fingerprint density at radius 1 is 0.903 bits per heavy atom. The number of nitrogens with zero attached hydrogens (tertiary/aromatic N) is 1. The number of para-hydroxylation sites is 2. The van der Waals surface area contributed by atoms with E-state index in [1.807, 2.05) is 59.5 Å². The van der Waals surface area contributed by atoms with Crippen molar-refractivity contribution >= 4 is 11.5 Å². The van der Waals surface area contributed by atoms with Crippen LogP contribution in [0.5, 0.6) is 5.75 Å². The van der Waals surface area contributed by atoms with Crippen LogP contribution in [0.4, 0.5) is 18.9 Å². The van der Waals surface area contributed by atoms with Crippen LogP contribution in [0.25, 0.3) is 0 Å². The van der Waals surface area contributed by atoms with Crippen LogP contribution in [0.15, 0.2) is 90.6 Å². The van der Waals surface area contributed by atoms with E-state index in [1.54, 1.807) is 6.20 Å². The van der Waals surface area contributed by atoms with Crippen molar-refractivity contribution in [2.45, 2.75) is 24.7 Å². The summed E-state index contributed by atoms with van der Waals surface area (Å²) >= 11 is 0. The van der Waals surface area contributed by atoms with Crippen LogP contribution < -0.4 is 9.64 Å². The standard InChI is InChI=1S/C25H18F3NO2/c26-25(27,28)18-12-10-17(11-13-18)24(30)20-15-29-21-8-4-5-9-22(21)31-23(29)14-19(20)16-6-2-1-3-7-16/h1-13,15,19,23H,14H2/t19-,23+/m0/s1. The van der Waals surface area contributed by atoms with E-state index >= 15 is 0 Å². The van der Waals surface area contributed by atoms with E-state index < -0.39 is 11.7 Å². The number of ether oxygens (including phenoxy) is 1. The first-order valence-corrected chi connectivity index (χ1v) is 9.94. The van der Waals surface area contributed by atoms with Crippen molar-refractivity contribution in [3.63, 3.8) is 0 Å². The highest BCUT2D eigenvalue weighted by molar-refractivity contribution is 6.10. The Bertz CT molecular complexity index is 1150. The molecule has 2 heterocycles. The van der Waals surface area contributed by atoms with Gasteiger partial charge >= 0.3 is 6.18 Å². The number of hydrogen-bond donors (Lipinski definition) is 0. The molecule has 0 amide bonds. The van der Waals surface area contributed by atoms with Gasteiger partial charge in [0, 0.05) is 29.7 Å². The highest BCUT2D eigenvalue weighted by Gasteiger charge is 2.40. The van der Waals surface area contributed by atoms with Crippen molar-refractivity contribution in [3.05, 3.63) is 107 Å². The Morgan fingerprint density at radius 2 is 1.58 bits per heavy atom. The van der Waals surface area contributed by atoms with E-state index in [9.17, 15) is 18.0 Å². The molecule has 0 aliphatic carbocycles. The van der Waals surface area contributed by atoms with Crippen molar-refractivity contribution in [1.29, 1.82) is 0 Å². The van der Waals surface area contributed by atoms with Gasteiger partial charge in [-0.15, -0.1) is 0 Å². The summed E-state index contributed by atoms with van der Waals surface area (Å²) < 4.78 is 44.9. The smallest absolute Gasteiger partial charge is 0.416 e. The van der Waals surface area contributed by atoms with Gasteiger partial charge in [-0.1, -0.05) is 54.6 Å². The molecular weight excluding hydrogens is 403 g/mol. The second kappa shape index (κ2) is 7.30. The molecule has 0 unspecified atom stereocenters. The number of carbonyl (C=O) groups excluding carboxylic acids is 1. The topological polar surface area (TPSA) is 29.5 Å². The molecule has 31 heavy (non-hydrogen) atoms. The Kier molecular flexibility index (Phi) is 4.58. The zero-order valence-corrected chi connectivity index (χ0v) is 16.3. The number of rotatable bonds is 3. The minimum Gasteiger partial charge on any atom is -0.468 e. The first-order valence-electron chi connectivity index (χ1n) is 9.94. The maximum Gasteiger partial charge on any atom is 0.416 e. The Morgan fingerprint density at radius 3 is 2.29 bits per heavy atom. The molecule has 156 valence electrons. The molecule has 2 atom stereocenters. The quantitative estimate of drug-likeness (QED) is 0.473. The molecule has 0 saturated carbocycles. The SMILES string of the molecule is O=C(C1=CN2c3ccccc3O[C@@H]2C[C@H]1c1ccccc1)c1ccc(C(F)(F)F)cc1. The molecule has 0 spiro atoms. The summed E-state index contributed by atoms with van der Waals surface area (Å²) in [4.78, 5) is 15.4. The molecule has 5 rings (SSSR count). The fourth-order valence-corrected chi connectivity index (χ4v) is 4.21. The molecule has 6 heteroatoms. The number of allylic oxidation sites excluding steroid dienone is 1. The van der Waals surface area contributed by atoms with E-state index in [2.05, 4.69) is 0 Å². The fraction of sp³-hybridized carbons (Fsp3) is 0.160. The lowest BCUT2D eigenvalue weighted by molar-refractivity contribution is -0.137. The molecule has 0 aromatic heterocycles. The van der Waals surface area contributed by atoms with Gasteiger partial charge in [0.1, 0.15) is 5.75 Å². The molecule has 2 aliphatic heterocycles. The number of fused-ring (bicyclic) bond motifs is 3. The number of Topliss-reactive ketones (excluding diaryl/α,β-unsaturated/α-hetero) is 1. The van der Waals surface area contributed by atoms with Crippen molar-refractivity contribution in [2.24, 2.45) is 0 Å². The van der Waals surface area contributed by atoms with Crippen molar-refractivity contribution in [1.82, 2.24) is 0 Å². The number of benzene rings is 3. The molecule has 3 aromatic rings. The van der Waals surface area contributed by atoms with E-state index in [4.69, 9.17) is 4.74 Å². The monoisotopic (exact) mass is 421 g/mol. The molecule has 0 bridgehead atoms. The van der Waals surface area contributed by atoms with Crippen LogP contribution in [0.2, 0.25) is 0 Å². The Labute approximate surface area is 177 Å². The lowest BCUT2D eigenvalue weighted by Crippen LogP contribution is -2.38. The second-order valence-electron chi connectivity index (χ2n) is 7.64. The minimum absolute atomic E-state index is 0.229. The van der Waals surface area contributed by atoms with E-state index in [1.165, 1.54) is 12.1 Å². The molecule has 0 fully saturated rings. The molecular formula is C25H18F3NO2. The van der Waals surface area contributed by atoms with Crippen molar-refractivity contribution in [3.8, 4) is 5.75 Å².